The van der Waals surface area contributed by atoms with Gasteiger partial charge in [0.25, 0.3) is 0 Å². The molecule has 4 rings (SSSR count). The summed E-state index contributed by atoms with van der Waals surface area (Å²) in [6.45, 7) is 2.26. The molecule has 1 aromatic heterocycles. The molecule has 1 amide bonds. The summed E-state index contributed by atoms with van der Waals surface area (Å²) >= 11 is 0. The maximum absolute atomic E-state index is 11.0. The first kappa shape index (κ1) is 23.6. The van der Waals surface area contributed by atoms with Crippen LogP contribution in [0.5, 0.6) is 11.5 Å². The average molecular weight is 471 g/mol. The van der Waals surface area contributed by atoms with Crippen molar-refractivity contribution in [3.8, 4) is 23.8 Å². The van der Waals surface area contributed by atoms with Crippen LogP contribution < -0.4 is 26.3 Å². The van der Waals surface area contributed by atoms with Crippen molar-refractivity contribution >= 4 is 29.4 Å². The third kappa shape index (κ3) is 5.01. The van der Waals surface area contributed by atoms with E-state index in [0.29, 0.717) is 30.0 Å². The molecule has 0 spiro atoms. The van der Waals surface area contributed by atoms with Gasteiger partial charge in [-0.2, -0.15) is 4.98 Å². The molecular weight excluding hydrogens is 444 g/mol. The molecule has 1 aliphatic carbocycles. The second-order valence-electron chi connectivity index (χ2n) is 7.97. The van der Waals surface area contributed by atoms with Gasteiger partial charge in [-0.3, -0.25) is 4.79 Å². The molecule has 2 unspecified atom stereocenters. The number of ether oxygens (including phenoxy) is 2. The van der Waals surface area contributed by atoms with E-state index in [2.05, 4.69) is 26.2 Å². The van der Waals surface area contributed by atoms with E-state index in [1.54, 1.807) is 7.11 Å². The van der Waals surface area contributed by atoms with E-state index in [-0.39, 0.29) is 29.3 Å². The first-order valence-electron chi connectivity index (χ1n) is 11.1. The molecule has 5 N–H and O–H groups in total. The number of nitrogens with zero attached hydrogens (tertiary/aromatic N) is 3. The monoisotopic (exact) mass is 470 g/mol. The number of aliphatic imine (C=N–C) groups is 1. The SMILES string of the molecule is C#Cc1ncc(OCC)c(N=C(N)c2ccc(C3CC3c3cc(OC)ccc3NC=O)cc2N)n1. The third-order valence-electron chi connectivity index (χ3n) is 5.83. The van der Waals surface area contributed by atoms with Crippen molar-refractivity contribution < 1.29 is 14.3 Å². The molecule has 2 atom stereocenters. The van der Waals surface area contributed by atoms with Gasteiger partial charge < -0.3 is 26.3 Å². The molecule has 1 saturated carbocycles. The van der Waals surface area contributed by atoms with Gasteiger partial charge in [0.05, 0.1) is 19.9 Å². The Labute approximate surface area is 203 Å². The van der Waals surface area contributed by atoms with Crippen molar-refractivity contribution in [3.05, 3.63) is 65.1 Å². The Morgan fingerprint density at radius 2 is 2.14 bits per heavy atom. The maximum Gasteiger partial charge on any atom is 0.211 e. The largest absolute Gasteiger partial charge is 0.497 e. The minimum absolute atomic E-state index is 0.184. The Balaban J connectivity index is 1.59. The summed E-state index contributed by atoms with van der Waals surface area (Å²) < 4.78 is 10.9. The number of aromatic nitrogens is 2. The van der Waals surface area contributed by atoms with E-state index in [0.717, 1.165) is 29.0 Å². The fourth-order valence-electron chi connectivity index (χ4n) is 4.06. The van der Waals surface area contributed by atoms with Crippen molar-refractivity contribution in [1.29, 1.82) is 0 Å². The number of nitrogen functional groups attached to an aromatic ring is 1. The predicted octanol–water partition coefficient (Wildman–Crippen LogP) is 3.32. The Kier molecular flexibility index (Phi) is 6.83. The maximum atomic E-state index is 11.0. The molecule has 35 heavy (non-hydrogen) atoms. The van der Waals surface area contributed by atoms with Gasteiger partial charge >= 0.3 is 0 Å². The third-order valence-corrected chi connectivity index (χ3v) is 5.83. The van der Waals surface area contributed by atoms with Gasteiger partial charge in [-0.25, -0.2) is 9.98 Å². The number of rotatable bonds is 9. The van der Waals surface area contributed by atoms with Crippen LogP contribution in [0, 0.1) is 12.3 Å². The highest BCUT2D eigenvalue weighted by Crippen LogP contribution is 2.57. The van der Waals surface area contributed by atoms with Crippen molar-refractivity contribution in [3.63, 3.8) is 0 Å². The lowest BCUT2D eigenvalue weighted by atomic mass is 10.0. The molecule has 2 aromatic carbocycles. The molecule has 9 nitrogen and oxygen atoms in total. The summed E-state index contributed by atoms with van der Waals surface area (Å²) in [7, 11) is 1.62. The molecule has 1 heterocycles. The van der Waals surface area contributed by atoms with Gasteiger partial charge in [0.15, 0.2) is 5.75 Å². The first-order valence-corrected chi connectivity index (χ1v) is 11.1. The summed E-state index contributed by atoms with van der Waals surface area (Å²) in [5.41, 5.74) is 16.6. The molecule has 0 bridgehead atoms. The zero-order valence-corrected chi connectivity index (χ0v) is 19.5. The van der Waals surface area contributed by atoms with Gasteiger partial charge in [-0.1, -0.05) is 6.07 Å². The fourth-order valence-corrected chi connectivity index (χ4v) is 4.06. The standard InChI is InChI=1S/C26H26N6O3/c1-4-24-29-13-23(35-5-2)26(31-24)32-25(28)17-8-6-15(10-21(17)27)18-12-19(18)20-11-16(34-3)7-9-22(20)30-14-33/h1,6-11,13-14,18-19H,5,12,27H2,2-3H3,(H,30,33)(H2,28,29,31,32). The number of nitrogens with one attached hydrogen (secondary N) is 1. The Morgan fingerprint density at radius 3 is 2.83 bits per heavy atom. The van der Waals surface area contributed by atoms with Crippen LogP contribution in [0.2, 0.25) is 0 Å². The first-order chi connectivity index (χ1) is 17.0. The second-order valence-corrected chi connectivity index (χ2v) is 7.97. The molecule has 178 valence electrons. The van der Waals surface area contributed by atoms with Crippen LogP contribution in [0.15, 0.2) is 47.6 Å². The lowest BCUT2D eigenvalue weighted by Gasteiger charge is -2.12. The number of methoxy groups -OCH3 is 1. The average Bonchev–Trinajstić information content (AvgIpc) is 3.66. The molecule has 1 fully saturated rings. The Hall–Kier alpha value is -4.58. The Bertz CT molecular complexity index is 1330. The number of amides is 1. The summed E-state index contributed by atoms with van der Waals surface area (Å²) in [6, 6.07) is 11.4. The summed E-state index contributed by atoms with van der Waals surface area (Å²) in [4.78, 5) is 23.7. The Morgan fingerprint density at radius 1 is 1.31 bits per heavy atom. The van der Waals surface area contributed by atoms with E-state index < -0.39 is 0 Å². The number of terminal acetylenes is 1. The molecule has 9 heteroatoms. The quantitative estimate of drug-likeness (QED) is 0.143. The van der Waals surface area contributed by atoms with Crippen LogP contribution in [-0.2, 0) is 4.79 Å². The summed E-state index contributed by atoms with van der Waals surface area (Å²) in [5.74, 6) is 4.61. The fraction of sp³-hybridized carbons (Fsp3) is 0.231. The van der Waals surface area contributed by atoms with Crippen molar-refractivity contribution in [2.45, 2.75) is 25.2 Å². The van der Waals surface area contributed by atoms with Crippen LogP contribution >= 0.6 is 0 Å². The lowest BCUT2D eigenvalue weighted by Crippen LogP contribution is -2.15. The number of carbonyl (C=O) groups excluding carboxylic acids is 1. The van der Waals surface area contributed by atoms with Gasteiger partial charge in [-0.15, -0.1) is 6.42 Å². The molecule has 0 radical (unpaired) electrons. The number of hydrogen-bond acceptors (Lipinski definition) is 7. The van der Waals surface area contributed by atoms with Crippen LogP contribution in [-0.4, -0.2) is 35.9 Å². The number of hydrogen-bond donors (Lipinski definition) is 3. The molecule has 3 aromatic rings. The van der Waals surface area contributed by atoms with E-state index in [1.165, 1.54) is 6.20 Å². The zero-order valence-electron chi connectivity index (χ0n) is 19.5. The number of amidine groups is 1. The topological polar surface area (TPSA) is 138 Å². The van der Waals surface area contributed by atoms with Crippen molar-refractivity contribution in [2.24, 2.45) is 10.7 Å². The lowest BCUT2D eigenvalue weighted by molar-refractivity contribution is -0.105. The van der Waals surface area contributed by atoms with Gasteiger partial charge in [0.2, 0.25) is 18.1 Å². The van der Waals surface area contributed by atoms with Crippen LogP contribution in [0.1, 0.15) is 47.7 Å². The number of anilines is 2. The van der Waals surface area contributed by atoms with E-state index in [1.807, 2.05) is 43.3 Å². The van der Waals surface area contributed by atoms with Gasteiger partial charge in [0.1, 0.15) is 11.6 Å². The highest BCUT2D eigenvalue weighted by molar-refractivity contribution is 6.03. The number of benzene rings is 2. The zero-order chi connectivity index (χ0) is 24.9. The predicted molar refractivity (Wildman–Crippen MR) is 135 cm³/mol. The molecule has 0 aliphatic heterocycles. The second kappa shape index (κ2) is 10.1. The highest BCUT2D eigenvalue weighted by Gasteiger charge is 2.41. The van der Waals surface area contributed by atoms with Crippen LogP contribution in [0.25, 0.3) is 0 Å². The number of carbonyl (C=O) groups is 1. The van der Waals surface area contributed by atoms with Crippen molar-refractivity contribution in [1.82, 2.24) is 9.97 Å². The highest BCUT2D eigenvalue weighted by atomic mass is 16.5. The minimum Gasteiger partial charge on any atom is -0.497 e. The molecular formula is C26H26N6O3. The van der Waals surface area contributed by atoms with E-state index >= 15 is 0 Å². The minimum atomic E-state index is 0.184. The van der Waals surface area contributed by atoms with Crippen LogP contribution in [0.4, 0.5) is 17.2 Å². The summed E-state index contributed by atoms with van der Waals surface area (Å²) in [5, 5.41) is 2.78. The van der Waals surface area contributed by atoms with E-state index in [4.69, 9.17) is 27.4 Å². The normalized spacial score (nSPS) is 16.8. The smallest absolute Gasteiger partial charge is 0.211 e. The van der Waals surface area contributed by atoms with E-state index in [9.17, 15) is 4.79 Å². The molecule has 1 aliphatic rings. The van der Waals surface area contributed by atoms with Gasteiger partial charge in [-0.05, 0) is 72.6 Å². The van der Waals surface area contributed by atoms with Crippen LogP contribution in [0.3, 0.4) is 0 Å². The summed E-state index contributed by atoms with van der Waals surface area (Å²) in [6.07, 6.45) is 8.49. The number of nitrogens with two attached hydrogens (primary N) is 2. The molecule has 0 saturated heterocycles. The van der Waals surface area contributed by atoms with Crippen molar-refractivity contribution in [2.75, 3.05) is 24.8 Å². The van der Waals surface area contributed by atoms with Gasteiger partial charge in [0, 0.05) is 16.9 Å².